The zero-order valence-electron chi connectivity index (χ0n) is 15.3. The predicted molar refractivity (Wildman–Crippen MR) is 98.4 cm³/mol. The van der Waals surface area contributed by atoms with Crippen molar-refractivity contribution in [3.05, 3.63) is 47.7 Å². The van der Waals surface area contributed by atoms with Gasteiger partial charge in [-0.2, -0.15) is 4.98 Å². The highest BCUT2D eigenvalue weighted by molar-refractivity contribution is 5.80. The molecule has 0 spiro atoms. The normalized spacial score (nSPS) is 18.6. The minimum atomic E-state index is 0.244. The summed E-state index contributed by atoms with van der Waals surface area (Å²) in [5.41, 5.74) is 2.66. The first kappa shape index (κ1) is 16.3. The number of fused-ring (bicyclic) bond motifs is 1. The Morgan fingerprint density at radius 1 is 1.28 bits per heavy atom. The molecule has 0 bridgehead atoms. The predicted octanol–water partition coefficient (Wildman–Crippen LogP) is 4.50. The molecule has 0 saturated carbocycles. The van der Waals surface area contributed by atoms with Crippen LogP contribution in [0.15, 0.2) is 35.0 Å². The molecule has 0 radical (unpaired) electrons. The number of hydrogen-bond acceptors (Lipinski definition) is 4. The number of benzene rings is 1. The number of aryl methyl sites for hydroxylation is 1. The Morgan fingerprint density at radius 2 is 2.16 bits per heavy atom. The maximum absolute atomic E-state index is 5.57. The molecule has 132 valence electrons. The Morgan fingerprint density at radius 3 is 2.92 bits per heavy atom. The third-order valence-electron chi connectivity index (χ3n) is 5.19. The molecular formula is C20H26N4O. The van der Waals surface area contributed by atoms with Gasteiger partial charge in [0.05, 0.1) is 6.04 Å². The lowest BCUT2D eigenvalue weighted by atomic mass is 10.1. The third-order valence-corrected chi connectivity index (χ3v) is 5.19. The van der Waals surface area contributed by atoms with Gasteiger partial charge in [0, 0.05) is 30.7 Å². The Kier molecular flexibility index (Phi) is 4.34. The smallest absolute Gasteiger partial charge is 0.244 e. The van der Waals surface area contributed by atoms with Crippen LogP contribution in [0, 0.1) is 0 Å². The molecule has 0 unspecified atom stereocenters. The Hall–Kier alpha value is -2.14. The highest BCUT2D eigenvalue weighted by atomic mass is 16.5. The fraction of sp³-hybridized carbons (Fsp3) is 0.500. The van der Waals surface area contributed by atoms with Crippen LogP contribution < -0.4 is 0 Å². The van der Waals surface area contributed by atoms with E-state index < -0.39 is 0 Å². The molecule has 2 aromatic heterocycles. The van der Waals surface area contributed by atoms with E-state index in [1.54, 1.807) is 0 Å². The van der Waals surface area contributed by atoms with E-state index in [1.807, 2.05) is 0 Å². The van der Waals surface area contributed by atoms with Crippen LogP contribution in [0.4, 0.5) is 0 Å². The van der Waals surface area contributed by atoms with Crippen molar-refractivity contribution in [3.8, 4) is 0 Å². The highest BCUT2D eigenvalue weighted by Crippen LogP contribution is 2.33. The van der Waals surface area contributed by atoms with Crippen LogP contribution in [-0.4, -0.2) is 26.2 Å². The van der Waals surface area contributed by atoms with Crippen molar-refractivity contribution in [2.24, 2.45) is 0 Å². The van der Waals surface area contributed by atoms with Gasteiger partial charge in [-0.05, 0) is 49.4 Å². The lowest BCUT2D eigenvalue weighted by Gasteiger charge is -2.21. The Labute approximate surface area is 148 Å². The Bertz CT molecular complexity index is 864. The summed E-state index contributed by atoms with van der Waals surface area (Å²) in [5.74, 6) is 1.89. The summed E-state index contributed by atoms with van der Waals surface area (Å²) < 4.78 is 7.86. The standard InChI is InChI=1S/C20H26N4O/c1-4-23-11-9-16-8-7-15(12-18(16)23)13-24-10-5-6-17(24)20-21-19(14(2)3)22-25-20/h7-9,11-12,14,17H,4-6,10,13H2,1-3H3/t17-/m0/s1. The van der Waals surface area contributed by atoms with E-state index in [9.17, 15) is 0 Å². The number of aromatic nitrogens is 3. The molecule has 0 N–H and O–H groups in total. The van der Waals surface area contributed by atoms with Crippen LogP contribution in [0.2, 0.25) is 0 Å². The van der Waals surface area contributed by atoms with Crippen molar-refractivity contribution >= 4 is 10.9 Å². The maximum atomic E-state index is 5.57. The quantitative estimate of drug-likeness (QED) is 0.687. The molecule has 0 amide bonds. The van der Waals surface area contributed by atoms with Crippen molar-refractivity contribution < 1.29 is 4.52 Å². The zero-order chi connectivity index (χ0) is 17.4. The fourth-order valence-corrected chi connectivity index (χ4v) is 3.75. The largest absolute Gasteiger partial charge is 0.348 e. The molecule has 1 atom stereocenters. The summed E-state index contributed by atoms with van der Waals surface area (Å²) >= 11 is 0. The second-order valence-corrected chi connectivity index (χ2v) is 7.27. The molecule has 1 aliphatic heterocycles. The van der Waals surface area contributed by atoms with Crippen LogP contribution in [0.1, 0.15) is 62.9 Å². The van der Waals surface area contributed by atoms with Crippen LogP contribution >= 0.6 is 0 Å². The molecule has 3 aromatic rings. The second-order valence-electron chi connectivity index (χ2n) is 7.27. The van der Waals surface area contributed by atoms with E-state index in [-0.39, 0.29) is 6.04 Å². The van der Waals surface area contributed by atoms with Gasteiger partial charge in [-0.15, -0.1) is 0 Å². The fourth-order valence-electron chi connectivity index (χ4n) is 3.75. The summed E-state index contributed by atoms with van der Waals surface area (Å²) in [6.07, 6.45) is 4.43. The third kappa shape index (κ3) is 3.09. The molecule has 5 nitrogen and oxygen atoms in total. The molecule has 3 heterocycles. The van der Waals surface area contributed by atoms with Gasteiger partial charge in [-0.3, -0.25) is 4.90 Å². The van der Waals surface area contributed by atoms with Gasteiger partial charge in [0.2, 0.25) is 5.89 Å². The number of rotatable bonds is 5. The summed E-state index contributed by atoms with van der Waals surface area (Å²) in [7, 11) is 0. The van der Waals surface area contributed by atoms with Crippen molar-refractivity contribution in [3.63, 3.8) is 0 Å². The lowest BCUT2D eigenvalue weighted by molar-refractivity contribution is 0.201. The van der Waals surface area contributed by atoms with Crippen LogP contribution in [0.25, 0.3) is 10.9 Å². The first-order valence-electron chi connectivity index (χ1n) is 9.31. The SMILES string of the molecule is CCn1ccc2ccc(CN3CCC[C@H]3c3nc(C(C)C)no3)cc21. The van der Waals surface area contributed by atoms with Gasteiger partial charge in [0.15, 0.2) is 5.82 Å². The topological polar surface area (TPSA) is 47.1 Å². The summed E-state index contributed by atoms with van der Waals surface area (Å²) in [6, 6.07) is 9.22. The minimum Gasteiger partial charge on any atom is -0.348 e. The van der Waals surface area contributed by atoms with E-state index in [1.165, 1.54) is 22.9 Å². The molecule has 0 aliphatic carbocycles. The van der Waals surface area contributed by atoms with Gasteiger partial charge in [-0.25, -0.2) is 0 Å². The number of nitrogens with zero attached hydrogens (tertiary/aromatic N) is 4. The molecule has 4 rings (SSSR count). The molecular weight excluding hydrogens is 312 g/mol. The van der Waals surface area contributed by atoms with E-state index in [2.05, 4.69) is 70.8 Å². The van der Waals surface area contributed by atoms with Crippen molar-refractivity contribution in [2.75, 3.05) is 6.54 Å². The van der Waals surface area contributed by atoms with Crippen LogP contribution in [-0.2, 0) is 13.1 Å². The summed E-state index contributed by atoms with van der Waals surface area (Å²) in [5, 5.41) is 5.45. The molecule has 25 heavy (non-hydrogen) atoms. The first-order chi connectivity index (χ1) is 12.2. The van der Waals surface area contributed by atoms with Crippen molar-refractivity contribution in [1.29, 1.82) is 0 Å². The lowest BCUT2D eigenvalue weighted by Crippen LogP contribution is -2.23. The summed E-state index contributed by atoms with van der Waals surface area (Å²) in [6.45, 7) is 9.38. The zero-order valence-corrected chi connectivity index (χ0v) is 15.3. The van der Waals surface area contributed by atoms with Crippen molar-refractivity contribution in [1.82, 2.24) is 19.6 Å². The molecule has 1 saturated heterocycles. The number of likely N-dealkylation sites (tertiary alicyclic amines) is 1. The Balaban J connectivity index is 1.56. The van der Waals surface area contributed by atoms with Gasteiger partial charge in [0.25, 0.3) is 0 Å². The van der Waals surface area contributed by atoms with Gasteiger partial charge >= 0.3 is 0 Å². The van der Waals surface area contributed by atoms with E-state index in [4.69, 9.17) is 4.52 Å². The van der Waals surface area contributed by atoms with Gasteiger partial charge in [0.1, 0.15) is 0 Å². The molecule has 1 aromatic carbocycles. The monoisotopic (exact) mass is 338 g/mol. The highest BCUT2D eigenvalue weighted by Gasteiger charge is 2.31. The average molecular weight is 338 g/mol. The maximum Gasteiger partial charge on any atom is 0.244 e. The molecule has 1 fully saturated rings. The molecule has 5 heteroatoms. The summed E-state index contributed by atoms with van der Waals surface area (Å²) in [4.78, 5) is 7.10. The van der Waals surface area contributed by atoms with Crippen LogP contribution in [0.5, 0.6) is 0 Å². The minimum absolute atomic E-state index is 0.244. The number of hydrogen-bond donors (Lipinski definition) is 0. The second kappa shape index (κ2) is 6.64. The average Bonchev–Trinajstić information content (AvgIpc) is 3.33. The van der Waals surface area contributed by atoms with E-state index in [0.29, 0.717) is 5.92 Å². The van der Waals surface area contributed by atoms with Gasteiger partial charge < -0.3 is 9.09 Å². The van der Waals surface area contributed by atoms with E-state index in [0.717, 1.165) is 37.8 Å². The van der Waals surface area contributed by atoms with E-state index >= 15 is 0 Å². The molecule has 1 aliphatic rings. The van der Waals surface area contributed by atoms with Crippen molar-refractivity contribution in [2.45, 2.75) is 58.7 Å². The van der Waals surface area contributed by atoms with Gasteiger partial charge in [-0.1, -0.05) is 31.1 Å². The first-order valence-corrected chi connectivity index (χ1v) is 9.31. The van der Waals surface area contributed by atoms with Crippen LogP contribution in [0.3, 0.4) is 0 Å².